The van der Waals surface area contributed by atoms with Crippen molar-refractivity contribution >= 4 is 10.0 Å². The monoisotopic (exact) mass is 314 g/mol. The first-order valence-electron chi connectivity index (χ1n) is 7.83. The summed E-state index contributed by atoms with van der Waals surface area (Å²) in [6.45, 7) is 6.86. The van der Waals surface area contributed by atoms with Gasteiger partial charge in [0.25, 0.3) is 10.0 Å². The minimum absolute atomic E-state index is 0.165. The van der Waals surface area contributed by atoms with E-state index in [1.165, 1.54) is 0 Å². The Morgan fingerprint density at radius 1 is 1.48 bits per heavy atom. The first-order chi connectivity index (χ1) is 10.1. The quantitative estimate of drug-likeness (QED) is 0.788. The van der Waals surface area contributed by atoms with Crippen LogP contribution in [0.2, 0.25) is 0 Å². The highest BCUT2D eigenvalue weighted by Crippen LogP contribution is 2.17. The first-order valence-corrected chi connectivity index (χ1v) is 9.27. The van der Waals surface area contributed by atoms with Crippen molar-refractivity contribution in [3.63, 3.8) is 0 Å². The fraction of sp³-hybridized carbons (Fsp3) is 0.786. The molecule has 0 aromatic carbocycles. The van der Waals surface area contributed by atoms with Gasteiger partial charge < -0.3 is 9.88 Å². The van der Waals surface area contributed by atoms with Gasteiger partial charge in [-0.15, -0.1) is 0 Å². The van der Waals surface area contributed by atoms with Crippen molar-refractivity contribution in [3.8, 4) is 0 Å². The van der Waals surface area contributed by atoms with Gasteiger partial charge in [0.2, 0.25) is 0 Å². The molecular weight excluding hydrogens is 288 g/mol. The summed E-state index contributed by atoms with van der Waals surface area (Å²) in [5.41, 5.74) is 0. The number of rotatable bonds is 8. The molecule has 120 valence electrons. The first kappa shape index (κ1) is 16.5. The summed E-state index contributed by atoms with van der Waals surface area (Å²) >= 11 is 0. The highest BCUT2D eigenvalue weighted by atomic mass is 32.2. The summed E-state index contributed by atoms with van der Waals surface area (Å²) < 4.78 is 28.9. The van der Waals surface area contributed by atoms with E-state index >= 15 is 0 Å². The summed E-state index contributed by atoms with van der Waals surface area (Å²) in [6, 6.07) is 0.268. The third kappa shape index (κ3) is 4.05. The number of nitrogens with zero attached hydrogens (tertiary/aromatic N) is 3. The molecule has 1 N–H and O–H groups in total. The van der Waals surface area contributed by atoms with Crippen molar-refractivity contribution in [1.29, 1.82) is 0 Å². The lowest BCUT2D eigenvalue weighted by Gasteiger charge is -2.24. The molecule has 6 nitrogen and oxygen atoms in total. The minimum Gasteiger partial charge on any atom is -0.336 e. The molecule has 1 fully saturated rings. The summed E-state index contributed by atoms with van der Waals surface area (Å²) in [7, 11) is -3.49. The third-order valence-corrected chi connectivity index (χ3v) is 5.68. The number of hydrogen-bond donors (Lipinski definition) is 1. The van der Waals surface area contributed by atoms with E-state index in [9.17, 15) is 8.42 Å². The Morgan fingerprint density at radius 2 is 2.29 bits per heavy atom. The Bertz CT molecular complexity index is 535. The van der Waals surface area contributed by atoms with E-state index in [4.69, 9.17) is 0 Å². The molecule has 1 aromatic heterocycles. The van der Waals surface area contributed by atoms with Crippen LogP contribution in [0.4, 0.5) is 0 Å². The van der Waals surface area contributed by atoms with Gasteiger partial charge in [0.1, 0.15) is 0 Å². The summed E-state index contributed by atoms with van der Waals surface area (Å²) in [5.74, 6) is 0. The van der Waals surface area contributed by atoms with E-state index in [0.29, 0.717) is 13.1 Å². The summed E-state index contributed by atoms with van der Waals surface area (Å²) in [6.07, 6.45) is 7.22. The molecule has 0 saturated carbocycles. The van der Waals surface area contributed by atoms with Gasteiger partial charge in [-0.25, -0.2) is 13.4 Å². The zero-order valence-corrected chi connectivity index (χ0v) is 13.8. The Morgan fingerprint density at radius 3 is 2.86 bits per heavy atom. The summed E-state index contributed by atoms with van der Waals surface area (Å²) in [5, 5.41) is 3.54. The molecule has 0 aliphatic carbocycles. The van der Waals surface area contributed by atoms with Gasteiger partial charge in [-0.05, 0) is 32.7 Å². The van der Waals surface area contributed by atoms with Crippen LogP contribution in [-0.2, 0) is 16.6 Å². The molecule has 0 bridgehead atoms. The molecule has 1 atom stereocenters. The predicted molar refractivity (Wildman–Crippen MR) is 82.6 cm³/mol. The molecular formula is C14H26N4O2S. The van der Waals surface area contributed by atoms with Crippen LogP contribution in [0.3, 0.4) is 0 Å². The van der Waals surface area contributed by atoms with Crippen molar-refractivity contribution < 1.29 is 8.42 Å². The van der Waals surface area contributed by atoms with Gasteiger partial charge in [-0.3, -0.25) is 0 Å². The maximum Gasteiger partial charge on any atom is 0.262 e. The van der Waals surface area contributed by atoms with Gasteiger partial charge in [-0.2, -0.15) is 4.31 Å². The average Bonchev–Trinajstić information content (AvgIpc) is 3.14. The van der Waals surface area contributed by atoms with E-state index in [-0.39, 0.29) is 11.1 Å². The van der Waals surface area contributed by atoms with Crippen molar-refractivity contribution in [2.75, 3.05) is 19.6 Å². The normalized spacial score (nSPS) is 19.5. The highest BCUT2D eigenvalue weighted by Gasteiger charge is 2.29. The Hall–Kier alpha value is -0.920. The molecule has 7 heteroatoms. The molecule has 0 radical (unpaired) electrons. The number of aryl methyl sites for hydroxylation is 1. The van der Waals surface area contributed by atoms with Crippen molar-refractivity contribution in [3.05, 3.63) is 12.5 Å². The molecule has 1 unspecified atom stereocenters. The smallest absolute Gasteiger partial charge is 0.262 e. The van der Waals surface area contributed by atoms with Crippen molar-refractivity contribution in [1.82, 2.24) is 19.2 Å². The molecule has 1 aliphatic heterocycles. The number of nitrogens with one attached hydrogen (secondary N) is 1. The lowest BCUT2D eigenvalue weighted by Crippen LogP contribution is -2.41. The predicted octanol–water partition coefficient (Wildman–Crippen LogP) is 1.45. The van der Waals surface area contributed by atoms with E-state index in [0.717, 1.165) is 38.8 Å². The molecule has 2 rings (SSSR count). The highest BCUT2D eigenvalue weighted by molar-refractivity contribution is 7.89. The van der Waals surface area contributed by atoms with Crippen LogP contribution in [-0.4, -0.2) is 48.0 Å². The molecule has 0 spiro atoms. The van der Waals surface area contributed by atoms with E-state index < -0.39 is 10.0 Å². The second kappa shape index (κ2) is 7.38. The SMILES string of the molecule is CCCCN(CC1CCCN1)S(=O)(=O)c1cn(CC)cn1. The van der Waals surface area contributed by atoms with Crippen LogP contribution < -0.4 is 5.32 Å². The number of hydrogen-bond acceptors (Lipinski definition) is 4. The van der Waals surface area contributed by atoms with Crippen LogP contribution in [0.5, 0.6) is 0 Å². The van der Waals surface area contributed by atoms with Crippen LogP contribution in [0.15, 0.2) is 17.6 Å². The molecule has 0 amide bonds. The molecule has 1 aliphatic rings. The molecule has 1 aromatic rings. The zero-order chi connectivity index (χ0) is 15.3. The standard InChI is InChI=1S/C14H26N4O2S/c1-3-5-9-18(10-13-7-6-8-15-13)21(19,20)14-11-17(4-2)12-16-14/h11-13,15H,3-10H2,1-2H3. The van der Waals surface area contributed by atoms with Crippen molar-refractivity contribution in [2.45, 2.75) is 57.1 Å². The molecule has 2 heterocycles. The fourth-order valence-electron chi connectivity index (χ4n) is 2.58. The maximum atomic E-state index is 12.8. The Balaban J connectivity index is 2.16. The fourth-order valence-corrected chi connectivity index (χ4v) is 4.04. The third-order valence-electron chi connectivity index (χ3n) is 3.93. The second-order valence-corrected chi connectivity index (χ2v) is 7.44. The van der Waals surface area contributed by atoms with E-state index in [1.54, 1.807) is 21.4 Å². The van der Waals surface area contributed by atoms with Gasteiger partial charge in [0, 0.05) is 31.9 Å². The average molecular weight is 314 g/mol. The zero-order valence-electron chi connectivity index (χ0n) is 13.0. The number of aromatic nitrogens is 2. The van der Waals surface area contributed by atoms with Gasteiger partial charge in [0.15, 0.2) is 5.03 Å². The van der Waals surface area contributed by atoms with Gasteiger partial charge >= 0.3 is 0 Å². The van der Waals surface area contributed by atoms with Crippen LogP contribution in [0, 0.1) is 0 Å². The second-order valence-electron chi connectivity index (χ2n) is 5.55. The Kier molecular flexibility index (Phi) is 5.78. The minimum atomic E-state index is -3.49. The number of sulfonamides is 1. The number of imidazole rings is 1. The molecule has 1 saturated heterocycles. The molecule has 21 heavy (non-hydrogen) atoms. The largest absolute Gasteiger partial charge is 0.336 e. The lowest BCUT2D eigenvalue weighted by atomic mass is 10.2. The van der Waals surface area contributed by atoms with Crippen LogP contribution in [0.1, 0.15) is 39.5 Å². The van der Waals surface area contributed by atoms with Crippen molar-refractivity contribution in [2.24, 2.45) is 0 Å². The van der Waals surface area contributed by atoms with E-state index in [1.807, 2.05) is 6.92 Å². The lowest BCUT2D eigenvalue weighted by molar-refractivity contribution is 0.363. The van der Waals surface area contributed by atoms with Gasteiger partial charge in [0.05, 0.1) is 6.33 Å². The number of unbranched alkanes of at least 4 members (excludes halogenated alkanes) is 1. The topological polar surface area (TPSA) is 67.2 Å². The van der Waals surface area contributed by atoms with Gasteiger partial charge in [-0.1, -0.05) is 13.3 Å². The van der Waals surface area contributed by atoms with E-state index in [2.05, 4.69) is 17.2 Å². The van der Waals surface area contributed by atoms with Crippen LogP contribution >= 0.6 is 0 Å². The summed E-state index contributed by atoms with van der Waals surface area (Å²) in [4.78, 5) is 4.08. The maximum absolute atomic E-state index is 12.8. The van der Waals surface area contributed by atoms with Crippen LogP contribution in [0.25, 0.3) is 0 Å². The Labute approximate surface area is 127 Å².